The van der Waals surface area contributed by atoms with E-state index >= 15 is 0 Å². The average molecular weight is 387 g/mol. The fraction of sp³-hybridized carbons (Fsp3) is 0.609. The Kier molecular flexibility index (Phi) is 5.32. The third kappa shape index (κ3) is 3.62. The van der Waals surface area contributed by atoms with E-state index in [9.17, 15) is 14.3 Å². The number of carboxylic acid groups (broad SMARTS) is 1. The molecule has 28 heavy (non-hydrogen) atoms. The highest BCUT2D eigenvalue weighted by Gasteiger charge is 2.50. The van der Waals surface area contributed by atoms with Gasteiger partial charge in [0.25, 0.3) is 0 Å². The SMILES string of the molecule is C=C(C)[C@@]1(C2CC2)CC[C@@H](N2CC[C@@H](c3ccc(F)cc3)[C@H](C(=O)O)C2)CO1. The summed E-state index contributed by atoms with van der Waals surface area (Å²) in [5.74, 6) is -0.994. The first kappa shape index (κ1) is 19.6. The number of carboxylic acids is 1. The molecule has 0 bridgehead atoms. The first-order chi connectivity index (χ1) is 13.4. The molecule has 1 aromatic rings. The van der Waals surface area contributed by atoms with Gasteiger partial charge in [0, 0.05) is 12.6 Å². The van der Waals surface area contributed by atoms with Crippen LogP contribution in [0, 0.1) is 17.7 Å². The van der Waals surface area contributed by atoms with Crippen LogP contribution in [-0.4, -0.2) is 47.3 Å². The van der Waals surface area contributed by atoms with E-state index in [0.717, 1.165) is 36.9 Å². The zero-order valence-electron chi connectivity index (χ0n) is 16.6. The largest absolute Gasteiger partial charge is 0.481 e. The van der Waals surface area contributed by atoms with Gasteiger partial charge in [0.2, 0.25) is 0 Å². The monoisotopic (exact) mass is 387 g/mol. The molecule has 0 unspecified atom stereocenters. The lowest BCUT2D eigenvalue weighted by atomic mass is 9.78. The maximum Gasteiger partial charge on any atom is 0.308 e. The summed E-state index contributed by atoms with van der Waals surface area (Å²) in [6, 6.07) is 6.57. The van der Waals surface area contributed by atoms with Gasteiger partial charge in [-0.1, -0.05) is 18.7 Å². The Morgan fingerprint density at radius 1 is 1.25 bits per heavy atom. The summed E-state index contributed by atoms with van der Waals surface area (Å²) in [5, 5.41) is 9.83. The van der Waals surface area contributed by atoms with Gasteiger partial charge in [0.1, 0.15) is 5.82 Å². The predicted octanol–water partition coefficient (Wildman–Crippen LogP) is 4.22. The number of hydrogen-bond donors (Lipinski definition) is 1. The number of benzene rings is 1. The van der Waals surface area contributed by atoms with E-state index in [1.807, 2.05) is 0 Å². The molecule has 5 heteroatoms. The van der Waals surface area contributed by atoms with Gasteiger partial charge in [-0.3, -0.25) is 9.69 Å². The Morgan fingerprint density at radius 3 is 2.50 bits per heavy atom. The third-order valence-electron chi connectivity index (χ3n) is 7.12. The lowest BCUT2D eigenvalue weighted by Crippen LogP contribution is -2.54. The maximum atomic E-state index is 13.3. The van der Waals surface area contributed by atoms with Crippen LogP contribution in [0.25, 0.3) is 0 Å². The minimum Gasteiger partial charge on any atom is -0.481 e. The molecule has 4 nitrogen and oxygen atoms in total. The summed E-state index contributed by atoms with van der Waals surface area (Å²) >= 11 is 0. The van der Waals surface area contributed by atoms with Crippen molar-refractivity contribution in [1.29, 1.82) is 0 Å². The molecule has 2 heterocycles. The molecule has 2 saturated heterocycles. The molecule has 4 atom stereocenters. The van der Waals surface area contributed by atoms with Crippen molar-refractivity contribution >= 4 is 5.97 Å². The van der Waals surface area contributed by atoms with Gasteiger partial charge >= 0.3 is 5.97 Å². The fourth-order valence-electron chi connectivity index (χ4n) is 5.29. The van der Waals surface area contributed by atoms with E-state index in [0.29, 0.717) is 19.1 Å². The highest BCUT2D eigenvalue weighted by Crippen LogP contribution is 2.50. The number of halogens is 1. The molecular formula is C23H30FNO3. The average Bonchev–Trinajstić information content (AvgIpc) is 3.54. The number of likely N-dealkylation sites (tertiary alicyclic amines) is 1. The number of piperidine rings is 1. The number of hydrogen-bond acceptors (Lipinski definition) is 3. The fourth-order valence-corrected chi connectivity index (χ4v) is 5.29. The molecule has 1 aromatic carbocycles. The summed E-state index contributed by atoms with van der Waals surface area (Å²) in [4.78, 5) is 14.3. The summed E-state index contributed by atoms with van der Waals surface area (Å²) in [6.45, 7) is 8.29. The predicted molar refractivity (Wildman–Crippen MR) is 106 cm³/mol. The van der Waals surface area contributed by atoms with Gasteiger partial charge in [0.15, 0.2) is 0 Å². The molecule has 0 radical (unpaired) electrons. The van der Waals surface area contributed by atoms with Crippen LogP contribution in [0.15, 0.2) is 36.4 Å². The second kappa shape index (κ2) is 7.60. The second-order valence-corrected chi connectivity index (χ2v) is 8.83. The van der Waals surface area contributed by atoms with E-state index < -0.39 is 11.9 Å². The van der Waals surface area contributed by atoms with Gasteiger partial charge in [-0.15, -0.1) is 0 Å². The molecule has 0 amide bonds. The van der Waals surface area contributed by atoms with Gasteiger partial charge < -0.3 is 9.84 Å². The summed E-state index contributed by atoms with van der Waals surface area (Å²) < 4.78 is 19.7. The van der Waals surface area contributed by atoms with Crippen molar-refractivity contribution in [2.45, 2.75) is 56.6 Å². The van der Waals surface area contributed by atoms with E-state index in [4.69, 9.17) is 4.74 Å². The molecule has 152 valence electrons. The third-order valence-corrected chi connectivity index (χ3v) is 7.12. The van der Waals surface area contributed by atoms with Crippen molar-refractivity contribution in [1.82, 2.24) is 4.90 Å². The van der Waals surface area contributed by atoms with Crippen LogP contribution in [0.4, 0.5) is 4.39 Å². The summed E-state index contributed by atoms with van der Waals surface area (Å²) in [5.41, 5.74) is 1.89. The van der Waals surface area contributed by atoms with Crippen LogP contribution in [0.2, 0.25) is 0 Å². The molecule has 0 spiro atoms. The highest BCUT2D eigenvalue weighted by molar-refractivity contribution is 5.72. The topological polar surface area (TPSA) is 49.8 Å². The van der Waals surface area contributed by atoms with Crippen molar-refractivity contribution in [3.05, 3.63) is 47.8 Å². The van der Waals surface area contributed by atoms with Crippen LogP contribution >= 0.6 is 0 Å². The maximum absolute atomic E-state index is 13.3. The number of aliphatic carboxylic acids is 1. The first-order valence-electron chi connectivity index (χ1n) is 10.4. The highest BCUT2D eigenvalue weighted by atomic mass is 19.1. The molecule has 3 fully saturated rings. The number of ether oxygens (including phenoxy) is 1. The minimum absolute atomic E-state index is 0.0696. The smallest absolute Gasteiger partial charge is 0.308 e. The van der Waals surface area contributed by atoms with Crippen LogP contribution in [0.3, 0.4) is 0 Å². The van der Waals surface area contributed by atoms with Crippen molar-refractivity contribution in [2.75, 3.05) is 19.7 Å². The van der Waals surface area contributed by atoms with E-state index in [-0.39, 0.29) is 23.4 Å². The molecule has 3 aliphatic rings. The molecule has 1 aliphatic carbocycles. The Balaban J connectivity index is 1.43. The van der Waals surface area contributed by atoms with Crippen LogP contribution in [0.1, 0.15) is 50.5 Å². The van der Waals surface area contributed by atoms with E-state index in [2.05, 4.69) is 18.4 Å². The minimum atomic E-state index is -0.773. The van der Waals surface area contributed by atoms with E-state index in [1.54, 1.807) is 12.1 Å². The normalized spacial score (nSPS) is 34.1. The molecule has 4 rings (SSSR count). The van der Waals surface area contributed by atoms with Crippen molar-refractivity contribution in [3.8, 4) is 0 Å². The lowest BCUT2D eigenvalue weighted by molar-refractivity contribution is -0.147. The standard InChI is InChI=1S/C23H30FNO3/c1-15(2)23(17-5-6-17)11-9-19(14-28-23)25-12-10-20(21(13-25)22(26)27)16-3-7-18(24)8-4-16/h3-4,7-8,17,19-21H,1,5-6,9-14H2,2H3,(H,26,27)/t19-,20+,21-,23-/m1/s1. The van der Waals surface area contributed by atoms with Gasteiger partial charge in [-0.2, -0.15) is 0 Å². The van der Waals surface area contributed by atoms with E-state index in [1.165, 1.54) is 25.0 Å². The zero-order valence-corrected chi connectivity index (χ0v) is 16.6. The van der Waals surface area contributed by atoms with Crippen LogP contribution in [0.5, 0.6) is 0 Å². The Hall–Kier alpha value is -1.72. The quantitative estimate of drug-likeness (QED) is 0.769. The Morgan fingerprint density at radius 2 is 1.96 bits per heavy atom. The molecular weight excluding hydrogens is 357 g/mol. The number of nitrogens with zero attached hydrogens (tertiary/aromatic N) is 1. The van der Waals surface area contributed by atoms with Gasteiger partial charge in [-0.25, -0.2) is 4.39 Å². The molecule has 1 saturated carbocycles. The van der Waals surface area contributed by atoms with Gasteiger partial charge in [-0.05, 0) is 80.7 Å². The lowest BCUT2D eigenvalue weighted by Gasteiger charge is -2.47. The summed E-state index contributed by atoms with van der Waals surface area (Å²) in [7, 11) is 0. The van der Waals surface area contributed by atoms with Crippen molar-refractivity contribution in [3.63, 3.8) is 0 Å². The summed E-state index contributed by atoms with van der Waals surface area (Å²) in [6.07, 6.45) is 5.22. The molecule has 1 N–H and O–H groups in total. The molecule has 2 aliphatic heterocycles. The van der Waals surface area contributed by atoms with Gasteiger partial charge in [0.05, 0.1) is 18.1 Å². The Bertz CT molecular complexity index is 735. The number of rotatable bonds is 5. The van der Waals surface area contributed by atoms with Crippen molar-refractivity contribution < 1.29 is 19.0 Å². The second-order valence-electron chi connectivity index (χ2n) is 8.83. The molecule has 0 aromatic heterocycles. The van der Waals surface area contributed by atoms with Crippen molar-refractivity contribution in [2.24, 2.45) is 11.8 Å². The first-order valence-corrected chi connectivity index (χ1v) is 10.4. The van der Waals surface area contributed by atoms with Crippen LogP contribution < -0.4 is 0 Å². The Labute approximate surface area is 166 Å². The van der Waals surface area contributed by atoms with Crippen LogP contribution in [-0.2, 0) is 9.53 Å². The zero-order chi connectivity index (χ0) is 19.9. The number of carbonyl (C=O) groups is 1.